The molecule has 1 aliphatic rings. The van der Waals surface area contributed by atoms with Crippen LogP contribution in [0, 0.1) is 11.3 Å². The number of nitriles is 1. The van der Waals surface area contributed by atoms with Gasteiger partial charge in [-0.2, -0.15) is 5.26 Å². The number of hydrogen-bond donors (Lipinski definition) is 2. The van der Waals surface area contributed by atoms with Gasteiger partial charge in [0, 0.05) is 6.54 Å². The fraction of sp³-hybridized carbons (Fsp3) is 0.444. The molecule has 1 heterocycles. The molecule has 1 aromatic heterocycles. The van der Waals surface area contributed by atoms with Crippen LogP contribution in [0.2, 0.25) is 0 Å². The molecule has 0 spiro atoms. The van der Waals surface area contributed by atoms with E-state index in [-0.39, 0.29) is 17.3 Å². The van der Waals surface area contributed by atoms with Gasteiger partial charge in [0.25, 0.3) is 0 Å². The Balaban J connectivity index is 1.57. The molecule has 0 radical (unpaired) electrons. The number of hydrogen-bond acceptors (Lipinski definition) is 5. The largest absolute Gasteiger partial charge is 0.343 e. The highest BCUT2D eigenvalue weighted by molar-refractivity contribution is 7.99. The van der Waals surface area contributed by atoms with Crippen LogP contribution in [-0.4, -0.2) is 32.0 Å². The van der Waals surface area contributed by atoms with Gasteiger partial charge in [0.2, 0.25) is 5.91 Å². The number of nitrogens with zero attached hydrogens (tertiary/aromatic N) is 3. The average Bonchev–Trinajstić information content (AvgIpc) is 3.26. The first-order valence-corrected chi connectivity index (χ1v) is 9.65. The molecule has 8 heteroatoms. The Labute approximate surface area is 155 Å². The van der Waals surface area contributed by atoms with Crippen molar-refractivity contribution in [2.75, 3.05) is 5.75 Å². The highest BCUT2D eigenvalue weighted by atomic mass is 32.2. The summed E-state index contributed by atoms with van der Waals surface area (Å²) in [7, 11) is 0. The molecule has 1 saturated carbocycles. The number of rotatable bonds is 7. The third-order valence-corrected chi connectivity index (χ3v) is 5.55. The summed E-state index contributed by atoms with van der Waals surface area (Å²) in [5, 5.41) is 19.1. The second-order valence-corrected chi connectivity index (χ2v) is 7.38. The molecule has 1 amide bonds. The zero-order chi connectivity index (χ0) is 18.4. The third kappa shape index (κ3) is 4.35. The summed E-state index contributed by atoms with van der Waals surface area (Å²) >= 11 is 1.20. The van der Waals surface area contributed by atoms with E-state index in [0.717, 1.165) is 18.4 Å². The SMILES string of the molecule is N#CC1(NC(=O)CSc2n[nH]c(=O)n2CCc2ccccc2)CCCC1. The van der Waals surface area contributed by atoms with Crippen molar-refractivity contribution in [3.8, 4) is 6.07 Å². The number of aromatic amines is 1. The van der Waals surface area contributed by atoms with Crippen molar-refractivity contribution in [2.24, 2.45) is 0 Å². The van der Waals surface area contributed by atoms with Crippen molar-refractivity contribution in [3.05, 3.63) is 46.4 Å². The molecule has 136 valence electrons. The number of benzene rings is 1. The molecular formula is C18H21N5O2S. The smallest absolute Gasteiger partial charge is 0.337 e. The lowest BCUT2D eigenvalue weighted by atomic mass is 10.0. The molecule has 2 aromatic rings. The fourth-order valence-electron chi connectivity index (χ4n) is 3.17. The Morgan fingerprint density at radius 3 is 2.77 bits per heavy atom. The van der Waals surface area contributed by atoms with Crippen LogP contribution < -0.4 is 11.0 Å². The topological polar surface area (TPSA) is 104 Å². The molecule has 0 unspecified atom stereocenters. The van der Waals surface area contributed by atoms with E-state index in [1.165, 1.54) is 11.8 Å². The number of nitrogens with one attached hydrogen (secondary N) is 2. The first-order chi connectivity index (χ1) is 12.6. The van der Waals surface area contributed by atoms with Gasteiger partial charge in [-0.15, -0.1) is 5.10 Å². The minimum Gasteiger partial charge on any atom is -0.337 e. The van der Waals surface area contributed by atoms with Gasteiger partial charge in [-0.1, -0.05) is 42.1 Å². The summed E-state index contributed by atoms with van der Waals surface area (Å²) < 4.78 is 1.54. The summed E-state index contributed by atoms with van der Waals surface area (Å²) in [6, 6.07) is 12.1. The maximum atomic E-state index is 12.2. The summed E-state index contributed by atoms with van der Waals surface area (Å²) in [5.74, 6) is -0.0810. The summed E-state index contributed by atoms with van der Waals surface area (Å²) in [4.78, 5) is 24.2. The molecule has 0 aliphatic heterocycles. The van der Waals surface area contributed by atoms with Crippen molar-refractivity contribution < 1.29 is 4.79 Å². The molecule has 26 heavy (non-hydrogen) atoms. The van der Waals surface area contributed by atoms with Crippen LogP contribution in [0.4, 0.5) is 0 Å². The maximum absolute atomic E-state index is 12.2. The van der Waals surface area contributed by atoms with Gasteiger partial charge in [-0.3, -0.25) is 9.36 Å². The summed E-state index contributed by atoms with van der Waals surface area (Å²) in [6.45, 7) is 0.492. The zero-order valence-corrected chi connectivity index (χ0v) is 15.2. The lowest BCUT2D eigenvalue weighted by Crippen LogP contribution is -2.45. The van der Waals surface area contributed by atoms with Crippen LogP contribution in [0.15, 0.2) is 40.3 Å². The number of amides is 1. The van der Waals surface area contributed by atoms with Gasteiger partial charge < -0.3 is 5.32 Å². The molecule has 3 rings (SSSR count). The Kier molecular flexibility index (Phi) is 5.78. The lowest BCUT2D eigenvalue weighted by molar-refractivity contribution is -0.119. The molecular weight excluding hydrogens is 350 g/mol. The quantitative estimate of drug-likeness (QED) is 0.723. The van der Waals surface area contributed by atoms with Crippen molar-refractivity contribution >= 4 is 17.7 Å². The zero-order valence-electron chi connectivity index (χ0n) is 14.4. The Hall–Kier alpha value is -2.53. The van der Waals surface area contributed by atoms with Crippen LogP contribution in [-0.2, 0) is 17.8 Å². The molecule has 1 aromatic carbocycles. The Bertz CT molecular complexity index is 846. The van der Waals surface area contributed by atoms with E-state index in [2.05, 4.69) is 21.6 Å². The van der Waals surface area contributed by atoms with Gasteiger partial charge >= 0.3 is 5.69 Å². The van der Waals surface area contributed by atoms with Crippen LogP contribution in [0.5, 0.6) is 0 Å². The minimum atomic E-state index is -0.726. The van der Waals surface area contributed by atoms with Crippen molar-refractivity contribution in [2.45, 2.75) is 49.3 Å². The predicted molar refractivity (Wildman–Crippen MR) is 98.7 cm³/mol. The minimum absolute atomic E-state index is 0.124. The second kappa shape index (κ2) is 8.23. The lowest BCUT2D eigenvalue weighted by Gasteiger charge is -2.21. The molecule has 0 bridgehead atoms. The highest BCUT2D eigenvalue weighted by Crippen LogP contribution is 2.29. The molecule has 0 saturated heterocycles. The average molecular weight is 371 g/mol. The van der Waals surface area contributed by atoms with Gasteiger partial charge in [-0.25, -0.2) is 9.89 Å². The van der Waals surface area contributed by atoms with E-state index in [1.54, 1.807) is 4.57 Å². The fourth-order valence-corrected chi connectivity index (χ4v) is 3.95. The van der Waals surface area contributed by atoms with Crippen LogP contribution in [0.25, 0.3) is 0 Å². The van der Waals surface area contributed by atoms with Gasteiger partial charge in [0.05, 0.1) is 11.8 Å². The third-order valence-electron chi connectivity index (χ3n) is 4.57. The van der Waals surface area contributed by atoms with E-state index in [4.69, 9.17) is 0 Å². The molecule has 0 atom stereocenters. The van der Waals surface area contributed by atoms with Crippen molar-refractivity contribution in [1.82, 2.24) is 20.1 Å². The Morgan fingerprint density at radius 2 is 2.08 bits per heavy atom. The maximum Gasteiger partial charge on any atom is 0.343 e. The predicted octanol–water partition coefficient (Wildman–Crippen LogP) is 1.86. The van der Waals surface area contributed by atoms with Gasteiger partial charge in [0.15, 0.2) is 5.16 Å². The second-order valence-electron chi connectivity index (χ2n) is 6.44. The van der Waals surface area contributed by atoms with Crippen molar-refractivity contribution in [3.63, 3.8) is 0 Å². The van der Waals surface area contributed by atoms with E-state index in [9.17, 15) is 14.9 Å². The van der Waals surface area contributed by atoms with E-state index < -0.39 is 5.54 Å². The first-order valence-electron chi connectivity index (χ1n) is 8.66. The first kappa shape index (κ1) is 18.3. The standard InChI is InChI=1S/C18H21N5O2S/c19-13-18(9-4-5-10-18)20-15(24)12-26-17-22-21-16(25)23(17)11-8-14-6-2-1-3-7-14/h1-3,6-7H,4-5,8-12H2,(H,20,24)(H,21,25). The molecule has 1 aliphatic carbocycles. The molecule has 2 N–H and O–H groups in total. The van der Waals surface area contributed by atoms with Crippen LogP contribution in [0.1, 0.15) is 31.2 Å². The van der Waals surface area contributed by atoms with E-state index >= 15 is 0 Å². The molecule has 1 fully saturated rings. The summed E-state index contributed by atoms with van der Waals surface area (Å²) in [6.07, 6.45) is 4.02. The number of aromatic nitrogens is 3. The van der Waals surface area contributed by atoms with Crippen LogP contribution in [0.3, 0.4) is 0 Å². The number of H-pyrrole nitrogens is 1. The van der Waals surface area contributed by atoms with Crippen LogP contribution >= 0.6 is 11.8 Å². The Morgan fingerprint density at radius 1 is 1.35 bits per heavy atom. The number of carbonyl (C=O) groups excluding carboxylic acids is 1. The normalized spacial score (nSPS) is 15.5. The van der Waals surface area contributed by atoms with Crippen molar-refractivity contribution in [1.29, 1.82) is 5.26 Å². The number of carbonyl (C=O) groups is 1. The van der Waals surface area contributed by atoms with E-state index in [1.807, 2.05) is 30.3 Å². The molecule has 7 nitrogen and oxygen atoms in total. The monoisotopic (exact) mass is 371 g/mol. The van der Waals surface area contributed by atoms with Gasteiger partial charge in [-0.05, 0) is 37.7 Å². The number of aryl methyl sites for hydroxylation is 1. The van der Waals surface area contributed by atoms with E-state index in [0.29, 0.717) is 31.0 Å². The highest BCUT2D eigenvalue weighted by Gasteiger charge is 2.35. The summed E-state index contributed by atoms with van der Waals surface area (Å²) in [5.41, 5.74) is 0.121. The van der Waals surface area contributed by atoms with Gasteiger partial charge in [0.1, 0.15) is 5.54 Å². The number of thioether (sulfide) groups is 1.